The van der Waals surface area contributed by atoms with Crippen LogP contribution in [-0.2, 0) is 14.8 Å². The SMILES string of the molecule is CC(NC(=O)C1CCN(S(=O)(=O)c2c(Cl)cccc2Cl)CC1)c1cccnc1. The number of sulfonamides is 1. The second kappa shape index (κ2) is 8.78. The summed E-state index contributed by atoms with van der Waals surface area (Å²) >= 11 is 12.1. The Labute approximate surface area is 174 Å². The van der Waals surface area contributed by atoms with E-state index in [1.54, 1.807) is 18.5 Å². The Kier molecular flexibility index (Phi) is 6.60. The molecular formula is C19H21Cl2N3O3S. The van der Waals surface area contributed by atoms with Crippen LogP contribution in [0.3, 0.4) is 0 Å². The van der Waals surface area contributed by atoms with Gasteiger partial charge in [-0.05, 0) is 43.5 Å². The van der Waals surface area contributed by atoms with Crippen LogP contribution < -0.4 is 5.32 Å². The fraction of sp³-hybridized carbons (Fsp3) is 0.368. The fourth-order valence-corrected chi connectivity index (χ4v) is 5.82. The molecule has 9 heteroatoms. The van der Waals surface area contributed by atoms with Crippen molar-refractivity contribution in [2.75, 3.05) is 13.1 Å². The van der Waals surface area contributed by atoms with Crippen LogP contribution in [0.2, 0.25) is 10.0 Å². The van der Waals surface area contributed by atoms with Crippen molar-refractivity contribution in [1.29, 1.82) is 0 Å². The zero-order chi connectivity index (χ0) is 20.3. The molecule has 1 aliphatic heterocycles. The van der Waals surface area contributed by atoms with Crippen molar-refractivity contribution < 1.29 is 13.2 Å². The van der Waals surface area contributed by atoms with Crippen LogP contribution in [0, 0.1) is 5.92 Å². The molecule has 1 fully saturated rings. The highest BCUT2D eigenvalue weighted by Crippen LogP contribution is 2.33. The Bertz CT molecular complexity index is 926. The number of amides is 1. The Morgan fingerprint density at radius 2 is 1.82 bits per heavy atom. The summed E-state index contributed by atoms with van der Waals surface area (Å²) in [5.74, 6) is -0.323. The van der Waals surface area contributed by atoms with E-state index < -0.39 is 10.0 Å². The minimum Gasteiger partial charge on any atom is -0.349 e. The molecule has 0 saturated carbocycles. The summed E-state index contributed by atoms with van der Waals surface area (Å²) in [6.07, 6.45) is 4.27. The highest BCUT2D eigenvalue weighted by atomic mass is 35.5. The van der Waals surface area contributed by atoms with Gasteiger partial charge in [-0.25, -0.2) is 8.42 Å². The van der Waals surface area contributed by atoms with Crippen LogP contribution in [0.4, 0.5) is 0 Å². The predicted molar refractivity (Wildman–Crippen MR) is 109 cm³/mol. The minimum atomic E-state index is -3.81. The van der Waals surface area contributed by atoms with Crippen molar-refractivity contribution in [1.82, 2.24) is 14.6 Å². The molecule has 150 valence electrons. The number of benzene rings is 1. The average Bonchev–Trinajstić information content (AvgIpc) is 2.68. The monoisotopic (exact) mass is 441 g/mol. The van der Waals surface area contributed by atoms with Gasteiger partial charge in [-0.15, -0.1) is 0 Å². The second-order valence-corrected chi connectivity index (χ2v) is 9.43. The molecule has 0 spiro atoms. The van der Waals surface area contributed by atoms with Crippen molar-refractivity contribution in [3.05, 3.63) is 58.3 Å². The number of nitrogens with one attached hydrogen (secondary N) is 1. The standard InChI is InChI=1S/C19H21Cl2N3O3S/c1-13(15-4-3-9-22-12-15)23-19(25)14-7-10-24(11-8-14)28(26,27)18-16(20)5-2-6-17(18)21/h2-6,9,12-14H,7-8,10-11H2,1H3,(H,23,25). The van der Waals surface area contributed by atoms with Crippen LogP contribution in [0.25, 0.3) is 0 Å². The zero-order valence-corrected chi connectivity index (χ0v) is 17.6. The van der Waals surface area contributed by atoms with Gasteiger partial charge in [-0.2, -0.15) is 4.31 Å². The molecule has 1 unspecified atom stereocenters. The predicted octanol–water partition coefficient (Wildman–Crippen LogP) is 3.67. The maximum Gasteiger partial charge on any atom is 0.246 e. The normalized spacial score (nSPS) is 17.2. The molecule has 1 aromatic carbocycles. The minimum absolute atomic E-state index is 0.0774. The first-order valence-corrected chi connectivity index (χ1v) is 11.1. The first-order valence-electron chi connectivity index (χ1n) is 8.95. The van der Waals surface area contributed by atoms with Gasteiger partial charge >= 0.3 is 0 Å². The molecule has 3 rings (SSSR count). The fourth-order valence-electron chi connectivity index (χ4n) is 3.26. The lowest BCUT2D eigenvalue weighted by Crippen LogP contribution is -2.43. The van der Waals surface area contributed by atoms with E-state index in [2.05, 4.69) is 10.3 Å². The summed E-state index contributed by atoms with van der Waals surface area (Å²) in [4.78, 5) is 16.6. The summed E-state index contributed by atoms with van der Waals surface area (Å²) in [6, 6.07) is 8.16. The Hall–Kier alpha value is -1.67. The molecule has 1 atom stereocenters. The molecular weight excluding hydrogens is 421 g/mol. The number of piperidine rings is 1. The van der Waals surface area contributed by atoms with E-state index in [1.165, 1.54) is 16.4 Å². The molecule has 28 heavy (non-hydrogen) atoms. The topological polar surface area (TPSA) is 79.4 Å². The first-order chi connectivity index (χ1) is 13.3. The number of carbonyl (C=O) groups is 1. The molecule has 0 aliphatic carbocycles. The van der Waals surface area contributed by atoms with Crippen LogP contribution in [-0.4, -0.2) is 36.7 Å². The van der Waals surface area contributed by atoms with Crippen molar-refractivity contribution >= 4 is 39.1 Å². The average molecular weight is 442 g/mol. The van der Waals surface area contributed by atoms with Crippen LogP contribution in [0.15, 0.2) is 47.6 Å². The second-order valence-electron chi connectivity index (χ2n) is 6.75. The zero-order valence-electron chi connectivity index (χ0n) is 15.3. The van der Waals surface area contributed by atoms with E-state index in [9.17, 15) is 13.2 Å². The van der Waals surface area contributed by atoms with Gasteiger partial charge < -0.3 is 5.32 Å². The molecule has 2 heterocycles. The van der Waals surface area contributed by atoms with Crippen LogP contribution in [0.1, 0.15) is 31.4 Å². The van der Waals surface area contributed by atoms with Gasteiger partial charge in [0.1, 0.15) is 4.90 Å². The maximum absolute atomic E-state index is 12.9. The van der Waals surface area contributed by atoms with Gasteiger partial charge in [0.25, 0.3) is 0 Å². The van der Waals surface area contributed by atoms with Crippen molar-refractivity contribution in [3.8, 4) is 0 Å². The Morgan fingerprint density at radius 3 is 2.39 bits per heavy atom. The number of aromatic nitrogens is 1. The quantitative estimate of drug-likeness (QED) is 0.767. The van der Waals surface area contributed by atoms with E-state index in [0.717, 1.165) is 5.56 Å². The van der Waals surface area contributed by atoms with Gasteiger partial charge in [0, 0.05) is 31.4 Å². The smallest absolute Gasteiger partial charge is 0.246 e. The van der Waals surface area contributed by atoms with Crippen molar-refractivity contribution in [2.45, 2.75) is 30.7 Å². The number of hydrogen-bond donors (Lipinski definition) is 1. The largest absolute Gasteiger partial charge is 0.349 e. The molecule has 1 N–H and O–H groups in total. The first kappa shape index (κ1) is 21.0. The molecule has 2 aromatic rings. The molecule has 0 bridgehead atoms. The van der Waals surface area contributed by atoms with E-state index in [4.69, 9.17) is 23.2 Å². The third-order valence-electron chi connectivity index (χ3n) is 4.88. The lowest BCUT2D eigenvalue weighted by molar-refractivity contribution is -0.126. The summed E-state index contributed by atoms with van der Waals surface area (Å²) < 4.78 is 27.2. The number of pyridine rings is 1. The Balaban J connectivity index is 1.63. The molecule has 1 saturated heterocycles. The molecule has 1 amide bonds. The van der Waals surface area contributed by atoms with E-state index in [1.807, 2.05) is 19.1 Å². The summed E-state index contributed by atoms with van der Waals surface area (Å²) in [6.45, 7) is 2.38. The number of carbonyl (C=O) groups excluding carboxylic acids is 1. The van der Waals surface area contributed by atoms with Gasteiger partial charge in [-0.1, -0.05) is 35.3 Å². The lowest BCUT2D eigenvalue weighted by Gasteiger charge is -2.31. The summed E-state index contributed by atoms with van der Waals surface area (Å²) in [5, 5.41) is 3.17. The van der Waals surface area contributed by atoms with Gasteiger partial charge in [-0.3, -0.25) is 9.78 Å². The van der Waals surface area contributed by atoms with E-state index >= 15 is 0 Å². The molecule has 0 radical (unpaired) electrons. The Morgan fingerprint density at radius 1 is 1.18 bits per heavy atom. The number of hydrogen-bond acceptors (Lipinski definition) is 4. The third kappa shape index (κ3) is 4.49. The number of halogens is 2. The molecule has 1 aromatic heterocycles. The van der Waals surface area contributed by atoms with Gasteiger partial charge in [0.05, 0.1) is 16.1 Å². The van der Waals surface area contributed by atoms with Gasteiger partial charge in [0.2, 0.25) is 15.9 Å². The van der Waals surface area contributed by atoms with Gasteiger partial charge in [0.15, 0.2) is 0 Å². The highest BCUT2D eigenvalue weighted by molar-refractivity contribution is 7.89. The number of nitrogens with zero attached hydrogens (tertiary/aromatic N) is 2. The van der Waals surface area contributed by atoms with E-state index in [0.29, 0.717) is 12.8 Å². The lowest BCUT2D eigenvalue weighted by atomic mass is 9.96. The van der Waals surface area contributed by atoms with Crippen molar-refractivity contribution in [2.24, 2.45) is 5.92 Å². The van der Waals surface area contributed by atoms with Crippen LogP contribution >= 0.6 is 23.2 Å². The summed E-state index contributed by atoms with van der Waals surface area (Å²) in [7, 11) is -3.81. The number of rotatable bonds is 5. The highest BCUT2D eigenvalue weighted by Gasteiger charge is 2.34. The summed E-state index contributed by atoms with van der Waals surface area (Å²) in [5.41, 5.74) is 0.921. The third-order valence-corrected chi connectivity index (χ3v) is 7.74. The molecule has 1 aliphatic rings. The van der Waals surface area contributed by atoms with Crippen molar-refractivity contribution in [3.63, 3.8) is 0 Å². The van der Waals surface area contributed by atoms with E-state index in [-0.39, 0.29) is 45.9 Å². The van der Waals surface area contributed by atoms with Crippen LogP contribution in [0.5, 0.6) is 0 Å². The molecule has 6 nitrogen and oxygen atoms in total. The maximum atomic E-state index is 12.9.